The van der Waals surface area contributed by atoms with Gasteiger partial charge in [0.25, 0.3) is 0 Å². The average Bonchev–Trinajstić information content (AvgIpc) is 2.35. The zero-order valence-electron chi connectivity index (χ0n) is 9.03. The lowest BCUT2D eigenvalue weighted by Crippen LogP contribution is -2.29. The van der Waals surface area contributed by atoms with Crippen molar-refractivity contribution in [2.24, 2.45) is 5.84 Å². The third-order valence-electron chi connectivity index (χ3n) is 2.59. The summed E-state index contributed by atoms with van der Waals surface area (Å²) < 4.78 is 14.7. The third kappa shape index (κ3) is 2.72. The van der Waals surface area contributed by atoms with E-state index >= 15 is 0 Å². The van der Waals surface area contributed by atoms with E-state index in [0.29, 0.717) is 5.56 Å². The molecule has 0 bridgehead atoms. The van der Waals surface area contributed by atoms with Crippen molar-refractivity contribution in [3.05, 3.63) is 69.9 Å². The van der Waals surface area contributed by atoms with Crippen LogP contribution in [0.2, 0.25) is 0 Å². The molecule has 2 aromatic carbocycles. The first-order chi connectivity index (χ1) is 8.22. The van der Waals surface area contributed by atoms with Gasteiger partial charge >= 0.3 is 0 Å². The van der Waals surface area contributed by atoms with E-state index in [1.165, 1.54) is 6.07 Å². The van der Waals surface area contributed by atoms with Crippen LogP contribution in [0, 0.1) is 5.82 Å². The number of hydrogen-bond donors (Lipinski definition) is 2. The molecule has 0 heterocycles. The Morgan fingerprint density at radius 2 is 1.71 bits per heavy atom. The normalized spacial score (nSPS) is 12.4. The summed E-state index contributed by atoms with van der Waals surface area (Å²) in [5.74, 6) is 5.25. The Labute approximate surface area is 108 Å². The lowest BCUT2D eigenvalue weighted by Gasteiger charge is -2.17. The molecule has 17 heavy (non-hydrogen) atoms. The van der Waals surface area contributed by atoms with Crippen LogP contribution in [0.3, 0.4) is 0 Å². The number of nitrogens with one attached hydrogen (secondary N) is 1. The summed E-state index contributed by atoms with van der Waals surface area (Å²) in [6.45, 7) is 0. The van der Waals surface area contributed by atoms with Gasteiger partial charge in [0.05, 0.1) is 6.04 Å². The zero-order valence-corrected chi connectivity index (χ0v) is 10.6. The van der Waals surface area contributed by atoms with Crippen molar-refractivity contribution in [2.75, 3.05) is 0 Å². The quantitative estimate of drug-likeness (QED) is 0.674. The molecule has 1 unspecified atom stereocenters. The molecule has 0 amide bonds. The fourth-order valence-electron chi connectivity index (χ4n) is 1.73. The SMILES string of the molecule is NNC(c1ccc(Br)cc1)c1ccccc1F. The van der Waals surface area contributed by atoms with E-state index in [2.05, 4.69) is 21.4 Å². The van der Waals surface area contributed by atoms with Crippen molar-refractivity contribution < 1.29 is 4.39 Å². The Hall–Kier alpha value is -1.23. The minimum absolute atomic E-state index is 0.265. The maximum Gasteiger partial charge on any atom is 0.128 e. The van der Waals surface area contributed by atoms with E-state index in [1.54, 1.807) is 18.2 Å². The van der Waals surface area contributed by atoms with Gasteiger partial charge in [0.2, 0.25) is 0 Å². The zero-order chi connectivity index (χ0) is 12.3. The highest BCUT2D eigenvalue weighted by atomic mass is 79.9. The molecule has 0 fully saturated rings. The van der Waals surface area contributed by atoms with Crippen LogP contribution in [0.5, 0.6) is 0 Å². The third-order valence-corrected chi connectivity index (χ3v) is 3.11. The average molecular weight is 295 g/mol. The predicted octanol–water partition coefficient (Wildman–Crippen LogP) is 3.14. The molecule has 2 aromatic rings. The molecule has 3 N–H and O–H groups in total. The molecule has 1 atom stereocenters. The van der Waals surface area contributed by atoms with Gasteiger partial charge in [-0.1, -0.05) is 46.3 Å². The Bertz CT molecular complexity index is 499. The van der Waals surface area contributed by atoms with Crippen LogP contribution in [-0.2, 0) is 0 Å². The van der Waals surface area contributed by atoms with E-state index in [-0.39, 0.29) is 11.9 Å². The summed E-state index contributed by atoms with van der Waals surface area (Å²) in [5.41, 5.74) is 4.10. The Morgan fingerprint density at radius 3 is 2.29 bits per heavy atom. The Kier molecular flexibility index (Phi) is 3.89. The highest BCUT2D eigenvalue weighted by Gasteiger charge is 2.15. The smallest absolute Gasteiger partial charge is 0.128 e. The topological polar surface area (TPSA) is 38.0 Å². The van der Waals surface area contributed by atoms with Gasteiger partial charge in [-0.2, -0.15) is 0 Å². The van der Waals surface area contributed by atoms with Crippen molar-refractivity contribution >= 4 is 15.9 Å². The molecule has 0 spiro atoms. The van der Waals surface area contributed by atoms with Crippen LogP contribution in [-0.4, -0.2) is 0 Å². The van der Waals surface area contributed by atoms with E-state index in [0.717, 1.165) is 10.0 Å². The summed E-state index contributed by atoms with van der Waals surface area (Å²) in [5, 5.41) is 0. The molecule has 0 aliphatic rings. The molecule has 2 nitrogen and oxygen atoms in total. The number of halogens is 2. The van der Waals surface area contributed by atoms with Crippen molar-refractivity contribution in [2.45, 2.75) is 6.04 Å². The summed E-state index contributed by atoms with van der Waals surface area (Å²) in [6.07, 6.45) is 0. The highest BCUT2D eigenvalue weighted by Crippen LogP contribution is 2.24. The van der Waals surface area contributed by atoms with E-state index in [4.69, 9.17) is 5.84 Å². The van der Waals surface area contributed by atoms with Gasteiger partial charge in [-0.15, -0.1) is 0 Å². The predicted molar refractivity (Wildman–Crippen MR) is 69.7 cm³/mol. The first kappa shape index (κ1) is 12.2. The van der Waals surface area contributed by atoms with Crippen molar-refractivity contribution in [1.82, 2.24) is 5.43 Å². The van der Waals surface area contributed by atoms with E-state index in [9.17, 15) is 4.39 Å². The summed E-state index contributed by atoms with van der Waals surface area (Å²) in [6, 6.07) is 13.9. The lowest BCUT2D eigenvalue weighted by atomic mass is 9.99. The molecule has 88 valence electrons. The standard InChI is InChI=1S/C13H12BrFN2/c14-10-7-5-9(6-8-10)13(17-16)11-3-1-2-4-12(11)15/h1-8,13,17H,16H2. The fraction of sp³-hybridized carbons (Fsp3) is 0.0769. The molecule has 4 heteroatoms. The lowest BCUT2D eigenvalue weighted by molar-refractivity contribution is 0.560. The van der Waals surface area contributed by atoms with Crippen LogP contribution in [0.4, 0.5) is 4.39 Å². The van der Waals surface area contributed by atoms with Gasteiger partial charge < -0.3 is 0 Å². The van der Waals surface area contributed by atoms with Gasteiger partial charge in [-0.25, -0.2) is 9.82 Å². The van der Waals surface area contributed by atoms with E-state index < -0.39 is 0 Å². The number of hydrazine groups is 1. The first-order valence-electron chi connectivity index (χ1n) is 5.18. The van der Waals surface area contributed by atoms with Crippen LogP contribution >= 0.6 is 15.9 Å². The largest absolute Gasteiger partial charge is 0.271 e. The molecular weight excluding hydrogens is 283 g/mol. The van der Waals surface area contributed by atoms with Crippen molar-refractivity contribution in [1.29, 1.82) is 0 Å². The molecule has 0 saturated carbocycles. The fourth-order valence-corrected chi connectivity index (χ4v) is 1.99. The van der Waals surface area contributed by atoms with Gasteiger partial charge in [-0.3, -0.25) is 5.84 Å². The number of nitrogens with two attached hydrogens (primary N) is 1. The summed E-state index contributed by atoms with van der Waals surface area (Å²) in [7, 11) is 0. The van der Waals surface area contributed by atoms with Crippen LogP contribution in [0.15, 0.2) is 53.0 Å². The minimum Gasteiger partial charge on any atom is -0.271 e. The minimum atomic E-state index is -0.343. The molecule has 0 radical (unpaired) electrons. The van der Waals surface area contributed by atoms with Crippen LogP contribution in [0.25, 0.3) is 0 Å². The van der Waals surface area contributed by atoms with E-state index in [1.807, 2.05) is 24.3 Å². The summed E-state index contributed by atoms with van der Waals surface area (Å²) in [4.78, 5) is 0. The molecule has 0 aromatic heterocycles. The number of hydrogen-bond acceptors (Lipinski definition) is 2. The molecule has 0 saturated heterocycles. The maximum atomic E-state index is 13.7. The molecule has 0 aliphatic carbocycles. The van der Waals surface area contributed by atoms with Crippen LogP contribution in [0.1, 0.15) is 17.2 Å². The van der Waals surface area contributed by atoms with Crippen molar-refractivity contribution in [3.63, 3.8) is 0 Å². The van der Waals surface area contributed by atoms with Gasteiger partial charge in [0.15, 0.2) is 0 Å². The molecular formula is C13H12BrFN2. The number of rotatable bonds is 3. The molecule has 0 aliphatic heterocycles. The highest BCUT2D eigenvalue weighted by molar-refractivity contribution is 9.10. The maximum absolute atomic E-state index is 13.7. The monoisotopic (exact) mass is 294 g/mol. The van der Waals surface area contributed by atoms with Gasteiger partial charge in [0, 0.05) is 10.0 Å². The van der Waals surface area contributed by atoms with Crippen LogP contribution < -0.4 is 11.3 Å². The number of benzene rings is 2. The van der Waals surface area contributed by atoms with Crippen molar-refractivity contribution in [3.8, 4) is 0 Å². The second-order valence-electron chi connectivity index (χ2n) is 3.67. The Balaban J connectivity index is 2.40. The summed E-state index contributed by atoms with van der Waals surface area (Å²) >= 11 is 3.36. The second kappa shape index (κ2) is 5.40. The first-order valence-corrected chi connectivity index (χ1v) is 5.97. The second-order valence-corrected chi connectivity index (χ2v) is 4.59. The van der Waals surface area contributed by atoms with Gasteiger partial charge in [-0.05, 0) is 23.8 Å². The van der Waals surface area contributed by atoms with Gasteiger partial charge in [0.1, 0.15) is 5.82 Å². The Morgan fingerprint density at radius 1 is 1.06 bits per heavy atom. The molecule has 2 rings (SSSR count).